The van der Waals surface area contributed by atoms with Gasteiger partial charge in [0.1, 0.15) is 11.5 Å². The van der Waals surface area contributed by atoms with Crippen molar-refractivity contribution >= 4 is 16.5 Å². The molecule has 0 aliphatic heterocycles. The van der Waals surface area contributed by atoms with Gasteiger partial charge in [0.25, 0.3) is 0 Å². The maximum Gasteiger partial charge on any atom is 0.216 e. The largest absolute Gasteiger partial charge is 0.481 e. The smallest absolute Gasteiger partial charge is 0.216 e. The molecule has 100 valence electrons. The van der Waals surface area contributed by atoms with E-state index < -0.39 is 0 Å². The summed E-state index contributed by atoms with van der Waals surface area (Å²) in [6.45, 7) is 0. The third kappa shape index (κ3) is 2.23. The third-order valence-electron chi connectivity index (χ3n) is 3.06. The van der Waals surface area contributed by atoms with Crippen molar-refractivity contribution in [2.75, 3.05) is 12.8 Å². The molecule has 0 aliphatic rings. The van der Waals surface area contributed by atoms with E-state index in [1.165, 1.54) is 0 Å². The quantitative estimate of drug-likeness (QED) is 0.736. The first-order valence-electron chi connectivity index (χ1n) is 6.23. The second-order valence-electron chi connectivity index (χ2n) is 4.33. The molecule has 0 saturated heterocycles. The van der Waals surface area contributed by atoms with E-state index in [0.717, 1.165) is 22.2 Å². The summed E-state index contributed by atoms with van der Waals surface area (Å²) in [5.41, 5.74) is 6.71. The Morgan fingerprint density at radius 1 is 1.00 bits per heavy atom. The second-order valence-corrected chi connectivity index (χ2v) is 4.33. The van der Waals surface area contributed by atoms with Crippen LogP contribution >= 0.6 is 0 Å². The van der Waals surface area contributed by atoms with Gasteiger partial charge in [-0.15, -0.1) is 0 Å². The molecule has 0 radical (unpaired) electrons. The first-order chi connectivity index (χ1) is 9.78. The van der Waals surface area contributed by atoms with Gasteiger partial charge in [-0.3, -0.25) is 0 Å². The van der Waals surface area contributed by atoms with Crippen LogP contribution in [0.2, 0.25) is 0 Å². The molecule has 4 nitrogen and oxygen atoms in total. The molecule has 0 amide bonds. The number of anilines is 1. The summed E-state index contributed by atoms with van der Waals surface area (Å²) in [6.07, 6.45) is 1.65. The van der Waals surface area contributed by atoms with Crippen LogP contribution in [0.15, 0.2) is 54.7 Å². The highest BCUT2D eigenvalue weighted by molar-refractivity contribution is 5.97. The number of hydrogen-bond donors (Lipinski definition) is 1. The maximum absolute atomic E-state index is 5.98. The highest BCUT2D eigenvalue weighted by Crippen LogP contribution is 2.33. The molecular weight excluding hydrogens is 252 g/mol. The number of pyridine rings is 1. The van der Waals surface area contributed by atoms with Gasteiger partial charge in [-0.2, -0.15) is 0 Å². The average molecular weight is 266 g/mol. The molecule has 1 aromatic heterocycles. The van der Waals surface area contributed by atoms with Crippen LogP contribution in [0.25, 0.3) is 10.8 Å². The number of methoxy groups -OCH3 is 1. The maximum atomic E-state index is 5.98. The minimum atomic E-state index is 0.516. The van der Waals surface area contributed by atoms with E-state index in [2.05, 4.69) is 4.98 Å². The zero-order chi connectivity index (χ0) is 13.9. The zero-order valence-corrected chi connectivity index (χ0v) is 11.0. The lowest BCUT2D eigenvalue weighted by Gasteiger charge is -2.11. The summed E-state index contributed by atoms with van der Waals surface area (Å²) in [6, 6.07) is 15.1. The molecule has 3 aromatic rings. The van der Waals surface area contributed by atoms with Crippen molar-refractivity contribution in [1.82, 2.24) is 4.98 Å². The lowest BCUT2D eigenvalue weighted by Crippen LogP contribution is -1.92. The minimum Gasteiger partial charge on any atom is -0.481 e. The number of nitrogens with zero attached hydrogens (tertiary/aromatic N) is 1. The van der Waals surface area contributed by atoms with E-state index in [1.807, 2.05) is 36.4 Å². The van der Waals surface area contributed by atoms with Gasteiger partial charge in [0.15, 0.2) is 0 Å². The van der Waals surface area contributed by atoms with Crippen LogP contribution in [-0.2, 0) is 0 Å². The normalized spacial score (nSPS) is 10.4. The summed E-state index contributed by atoms with van der Waals surface area (Å²) in [5, 5.41) is 1.95. The number of hydrogen-bond acceptors (Lipinski definition) is 4. The first kappa shape index (κ1) is 12.3. The Morgan fingerprint density at radius 3 is 2.60 bits per heavy atom. The fraction of sp³-hybridized carbons (Fsp3) is 0.0625. The fourth-order valence-electron chi connectivity index (χ4n) is 2.08. The van der Waals surface area contributed by atoms with Gasteiger partial charge >= 0.3 is 0 Å². The average Bonchev–Trinajstić information content (AvgIpc) is 2.51. The predicted octanol–water partition coefficient (Wildman–Crippen LogP) is 3.62. The molecule has 1 heterocycles. The molecule has 0 unspecified atom stereocenters. The molecule has 0 aliphatic carbocycles. The fourth-order valence-corrected chi connectivity index (χ4v) is 2.08. The van der Waals surface area contributed by atoms with E-state index in [9.17, 15) is 0 Å². The van der Waals surface area contributed by atoms with E-state index in [4.69, 9.17) is 15.2 Å². The molecule has 0 saturated carbocycles. The van der Waals surface area contributed by atoms with Gasteiger partial charge in [0, 0.05) is 28.7 Å². The molecule has 0 spiro atoms. The van der Waals surface area contributed by atoms with Gasteiger partial charge in [-0.25, -0.2) is 4.98 Å². The van der Waals surface area contributed by atoms with E-state index in [-0.39, 0.29) is 0 Å². The van der Waals surface area contributed by atoms with Crippen LogP contribution in [0.5, 0.6) is 17.4 Å². The number of nitrogens with two attached hydrogens (primary N) is 1. The van der Waals surface area contributed by atoms with Crippen LogP contribution in [-0.4, -0.2) is 12.1 Å². The number of nitrogen functional groups attached to an aromatic ring is 1. The highest BCUT2D eigenvalue weighted by atomic mass is 16.5. The minimum absolute atomic E-state index is 0.516. The Balaban J connectivity index is 2.04. The molecule has 0 atom stereocenters. The lowest BCUT2D eigenvalue weighted by molar-refractivity contribution is 0.392. The van der Waals surface area contributed by atoms with Gasteiger partial charge in [0.2, 0.25) is 5.88 Å². The van der Waals surface area contributed by atoms with Crippen molar-refractivity contribution in [2.45, 2.75) is 0 Å². The number of ether oxygens (including phenoxy) is 2. The summed E-state index contributed by atoms with van der Waals surface area (Å²) in [4.78, 5) is 4.05. The second kappa shape index (κ2) is 5.09. The topological polar surface area (TPSA) is 57.4 Å². The summed E-state index contributed by atoms with van der Waals surface area (Å²) >= 11 is 0. The van der Waals surface area contributed by atoms with Crippen LogP contribution in [0.3, 0.4) is 0 Å². The summed E-state index contributed by atoms with van der Waals surface area (Å²) < 4.78 is 11.0. The lowest BCUT2D eigenvalue weighted by atomic mass is 10.1. The van der Waals surface area contributed by atoms with Gasteiger partial charge in [-0.1, -0.05) is 24.3 Å². The molecule has 2 N–H and O–H groups in total. The van der Waals surface area contributed by atoms with Crippen LogP contribution in [0, 0.1) is 0 Å². The Morgan fingerprint density at radius 2 is 1.80 bits per heavy atom. The number of aromatic nitrogens is 1. The number of fused-ring (bicyclic) bond motifs is 1. The Bertz CT molecular complexity index is 756. The molecule has 20 heavy (non-hydrogen) atoms. The van der Waals surface area contributed by atoms with E-state index in [1.54, 1.807) is 25.4 Å². The third-order valence-corrected chi connectivity index (χ3v) is 3.06. The predicted molar refractivity (Wildman–Crippen MR) is 79.2 cm³/mol. The molecule has 0 fully saturated rings. The molecule has 2 aromatic carbocycles. The van der Waals surface area contributed by atoms with Gasteiger partial charge < -0.3 is 15.2 Å². The van der Waals surface area contributed by atoms with Crippen molar-refractivity contribution in [2.24, 2.45) is 0 Å². The van der Waals surface area contributed by atoms with E-state index in [0.29, 0.717) is 11.6 Å². The van der Waals surface area contributed by atoms with Crippen molar-refractivity contribution in [3.05, 3.63) is 54.7 Å². The van der Waals surface area contributed by atoms with Crippen molar-refractivity contribution in [1.29, 1.82) is 0 Å². The standard InChI is InChI=1S/C16H14N2O2/c1-19-16-10-11(8-9-18-16)20-15-7-6-14(17)12-4-2-3-5-13(12)15/h2-10H,17H2,1H3. The monoisotopic (exact) mass is 266 g/mol. The van der Waals surface area contributed by atoms with Crippen molar-refractivity contribution in [3.8, 4) is 17.4 Å². The van der Waals surface area contributed by atoms with Crippen LogP contribution < -0.4 is 15.2 Å². The summed E-state index contributed by atoms with van der Waals surface area (Å²) in [7, 11) is 1.57. The molecule has 0 bridgehead atoms. The Hall–Kier alpha value is -2.75. The Labute approximate surface area is 116 Å². The van der Waals surface area contributed by atoms with Crippen LogP contribution in [0.4, 0.5) is 5.69 Å². The van der Waals surface area contributed by atoms with Crippen LogP contribution in [0.1, 0.15) is 0 Å². The van der Waals surface area contributed by atoms with Gasteiger partial charge in [0.05, 0.1) is 7.11 Å². The molecular formula is C16H14N2O2. The summed E-state index contributed by atoms with van der Waals surface area (Å²) in [5.74, 6) is 1.94. The SMILES string of the molecule is COc1cc(Oc2ccc(N)c3ccccc23)ccn1. The highest BCUT2D eigenvalue weighted by Gasteiger charge is 2.06. The Kier molecular flexibility index (Phi) is 3.13. The van der Waals surface area contributed by atoms with Crippen molar-refractivity contribution in [3.63, 3.8) is 0 Å². The van der Waals surface area contributed by atoms with Gasteiger partial charge in [-0.05, 0) is 18.2 Å². The molecule has 3 rings (SSSR count). The number of benzene rings is 2. The molecule has 4 heteroatoms. The van der Waals surface area contributed by atoms with E-state index >= 15 is 0 Å². The number of rotatable bonds is 3. The first-order valence-corrected chi connectivity index (χ1v) is 6.23. The van der Waals surface area contributed by atoms with Crippen molar-refractivity contribution < 1.29 is 9.47 Å². The zero-order valence-electron chi connectivity index (χ0n) is 11.0.